The zero-order valence-electron chi connectivity index (χ0n) is 53.3. The van der Waals surface area contributed by atoms with Gasteiger partial charge in [-0.2, -0.15) is 0 Å². The van der Waals surface area contributed by atoms with Crippen LogP contribution in [-0.2, 0) is 42.9 Å². The molecule has 0 spiro atoms. The third kappa shape index (κ3) is 48.9. The topological polar surface area (TPSA) is 175 Å². The molecule has 1 rings (SSSR count). The van der Waals surface area contributed by atoms with Crippen LogP contribution < -0.4 is 0 Å². The molecule has 85 heavy (non-hydrogen) atoms. The number of aliphatic hydroxyl groups is 2. The highest BCUT2D eigenvalue weighted by Crippen LogP contribution is 2.26. The Balaban J connectivity index is 2.69. The molecule has 1 fully saturated rings. The summed E-state index contributed by atoms with van der Waals surface area (Å²) in [4.78, 5) is 51.4. The predicted octanol–water partition coefficient (Wildman–Crippen LogP) is 18.3. The van der Waals surface area contributed by atoms with Crippen LogP contribution >= 0.6 is 0 Å². The summed E-state index contributed by atoms with van der Waals surface area (Å²) in [6.45, 7) is 5.76. The van der Waals surface area contributed by atoms with Crippen molar-refractivity contribution in [2.45, 2.75) is 302 Å². The van der Waals surface area contributed by atoms with Gasteiger partial charge in [-0.1, -0.05) is 239 Å². The first kappa shape index (κ1) is 78.1. The summed E-state index contributed by atoms with van der Waals surface area (Å²) < 4.78 is 28.5. The molecule has 12 heteroatoms. The summed E-state index contributed by atoms with van der Waals surface area (Å²) in [6.07, 6.45) is 70.0. The normalized spacial score (nSPS) is 18.2. The van der Waals surface area contributed by atoms with Crippen LogP contribution in [0.5, 0.6) is 0 Å². The molecule has 3 N–H and O–H groups in total. The Labute approximate surface area is 516 Å². The van der Waals surface area contributed by atoms with E-state index >= 15 is 0 Å². The Morgan fingerprint density at radius 3 is 1.15 bits per heavy atom. The van der Waals surface area contributed by atoms with Gasteiger partial charge in [0.15, 0.2) is 24.6 Å². The van der Waals surface area contributed by atoms with Gasteiger partial charge >= 0.3 is 23.9 Å². The zero-order valence-corrected chi connectivity index (χ0v) is 53.3. The average molecular weight is 1190 g/mol. The minimum absolute atomic E-state index is 0.0138. The molecule has 1 saturated heterocycles. The van der Waals surface area contributed by atoms with E-state index in [2.05, 4.69) is 142 Å². The molecule has 0 aliphatic carbocycles. The van der Waals surface area contributed by atoms with Crippen LogP contribution in [0.15, 0.2) is 122 Å². The number of unbranched alkanes of at least 4 members (excludes halogenated alkanes) is 22. The van der Waals surface area contributed by atoms with Gasteiger partial charge in [-0.05, 0) is 128 Å². The van der Waals surface area contributed by atoms with Crippen molar-refractivity contribution in [3.63, 3.8) is 0 Å². The van der Waals surface area contributed by atoms with Gasteiger partial charge in [-0.25, -0.2) is 4.79 Å². The lowest BCUT2D eigenvalue weighted by atomic mass is 9.98. The fourth-order valence-corrected chi connectivity index (χ4v) is 9.44. The highest BCUT2D eigenvalue weighted by Gasteiger charge is 2.50. The molecule has 0 aromatic heterocycles. The Kier molecular flexibility index (Phi) is 54.6. The van der Waals surface area contributed by atoms with E-state index in [4.69, 9.17) is 23.7 Å². The Bertz CT molecular complexity index is 1940. The van der Waals surface area contributed by atoms with Crippen molar-refractivity contribution in [3.05, 3.63) is 122 Å². The monoisotopic (exact) mass is 1190 g/mol. The second kappa shape index (κ2) is 59.5. The van der Waals surface area contributed by atoms with Gasteiger partial charge in [-0.15, -0.1) is 0 Å². The van der Waals surface area contributed by atoms with Gasteiger partial charge in [0.1, 0.15) is 18.8 Å². The summed E-state index contributed by atoms with van der Waals surface area (Å²) in [5.74, 6) is -3.19. The summed E-state index contributed by atoms with van der Waals surface area (Å²) in [7, 11) is 0. The second-order valence-corrected chi connectivity index (χ2v) is 22.3. The fourth-order valence-electron chi connectivity index (χ4n) is 9.44. The van der Waals surface area contributed by atoms with Crippen molar-refractivity contribution in [3.8, 4) is 0 Å². The summed E-state index contributed by atoms with van der Waals surface area (Å²) >= 11 is 0. The molecule has 1 heterocycles. The van der Waals surface area contributed by atoms with Crippen LogP contribution in [0.25, 0.3) is 0 Å². The lowest BCUT2D eigenvalue weighted by molar-refractivity contribution is -0.301. The molecule has 6 unspecified atom stereocenters. The minimum Gasteiger partial charge on any atom is -0.479 e. The number of carbonyl (C=O) groups excluding carboxylic acids is 3. The van der Waals surface area contributed by atoms with Crippen molar-refractivity contribution in [2.24, 2.45) is 0 Å². The number of carboxylic acids is 1. The Hall–Kier alpha value is -4.88. The quantitative estimate of drug-likeness (QED) is 0.0228. The number of carboxylic acid groups (broad SMARTS) is 1. The lowest BCUT2D eigenvalue weighted by Crippen LogP contribution is -2.61. The fraction of sp³-hybridized carbons (Fsp3) is 0.671. The van der Waals surface area contributed by atoms with E-state index in [-0.39, 0.29) is 25.9 Å². The number of esters is 3. The molecule has 12 nitrogen and oxygen atoms in total. The zero-order chi connectivity index (χ0) is 61.7. The summed E-state index contributed by atoms with van der Waals surface area (Å²) in [6, 6.07) is 0. The van der Waals surface area contributed by atoms with E-state index in [1.165, 1.54) is 57.8 Å². The molecular formula is C73H118O12. The molecule has 0 bridgehead atoms. The number of carbonyl (C=O) groups is 4. The van der Waals surface area contributed by atoms with Crippen molar-refractivity contribution >= 4 is 23.9 Å². The van der Waals surface area contributed by atoms with Gasteiger partial charge in [0, 0.05) is 19.3 Å². The largest absolute Gasteiger partial charge is 0.479 e. The highest BCUT2D eigenvalue weighted by molar-refractivity contribution is 5.74. The van der Waals surface area contributed by atoms with Gasteiger partial charge in [0.2, 0.25) is 0 Å². The number of rotatable bonds is 56. The number of aliphatic hydroxyl groups excluding tert-OH is 2. The third-order valence-corrected chi connectivity index (χ3v) is 14.5. The molecule has 0 aromatic rings. The number of ether oxygens (including phenoxy) is 5. The van der Waals surface area contributed by atoms with Gasteiger partial charge in [0.25, 0.3) is 0 Å². The SMILES string of the molecule is CC/C=C\C/C=C\C/C=C\C/C=C\C/C=C\CCCCCC(=O)OC1C(OCC(COC(=O)CCCCCCCC/C=C\C/C=C\C/C=C\C/C=C\CC)OC(=O)CCCCCCCCC/C=C\CCCCCCCC)OC(C(=O)O)C(O)C1O. The summed E-state index contributed by atoms with van der Waals surface area (Å²) in [5, 5.41) is 31.6. The third-order valence-electron chi connectivity index (χ3n) is 14.5. The Morgan fingerprint density at radius 1 is 0.400 bits per heavy atom. The number of allylic oxidation sites excluding steroid dienone is 20. The lowest BCUT2D eigenvalue weighted by Gasteiger charge is -2.40. The predicted molar refractivity (Wildman–Crippen MR) is 349 cm³/mol. The van der Waals surface area contributed by atoms with Crippen LogP contribution in [0.2, 0.25) is 0 Å². The molecule has 1 aliphatic rings. The van der Waals surface area contributed by atoms with Gasteiger partial charge in [-0.3, -0.25) is 14.4 Å². The van der Waals surface area contributed by atoms with Crippen molar-refractivity contribution in [1.82, 2.24) is 0 Å². The van der Waals surface area contributed by atoms with Gasteiger partial charge in [0.05, 0.1) is 6.61 Å². The van der Waals surface area contributed by atoms with Crippen molar-refractivity contribution in [1.29, 1.82) is 0 Å². The van der Waals surface area contributed by atoms with E-state index in [9.17, 15) is 34.5 Å². The van der Waals surface area contributed by atoms with E-state index in [1.54, 1.807) is 0 Å². The highest BCUT2D eigenvalue weighted by atomic mass is 16.7. The average Bonchev–Trinajstić information content (AvgIpc) is 2.79. The number of hydrogen-bond donors (Lipinski definition) is 3. The van der Waals surface area contributed by atoms with E-state index in [1.807, 2.05) is 0 Å². The molecule has 1 aliphatic heterocycles. The number of hydrogen-bond acceptors (Lipinski definition) is 11. The molecular weight excluding hydrogens is 1070 g/mol. The van der Waals surface area contributed by atoms with Crippen molar-refractivity contribution in [2.75, 3.05) is 13.2 Å². The van der Waals surface area contributed by atoms with Gasteiger partial charge < -0.3 is 39.0 Å². The first-order valence-corrected chi connectivity index (χ1v) is 33.5. The molecule has 6 atom stereocenters. The van der Waals surface area contributed by atoms with Crippen LogP contribution in [-0.4, -0.2) is 89.2 Å². The first-order valence-electron chi connectivity index (χ1n) is 33.5. The molecule has 0 amide bonds. The second-order valence-electron chi connectivity index (χ2n) is 22.3. The molecule has 0 aromatic carbocycles. The van der Waals surface area contributed by atoms with Crippen LogP contribution in [0.1, 0.15) is 265 Å². The van der Waals surface area contributed by atoms with Crippen molar-refractivity contribution < 1.29 is 58.2 Å². The van der Waals surface area contributed by atoms with Crippen LogP contribution in [0.3, 0.4) is 0 Å². The maximum Gasteiger partial charge on any atom is 0.335 e. The summed E-state index contributed by atoms with van der Waals surface area (Å²) in [5.41, 5.74) is 0. The number of aliphatic carboxylic acids is 1. The van der Waals surface area contributed by atoms with E-state index in [0.717, 1.165) is 148 Å². The Morgan fingerprint density at radius 2 is 0.741 bits per heavy atom. The van der Waals surface area contributed by atoms with Crippen LogP contribution in [0, 0.1) is 0 Å². The van der Waals surface area contributed by atoms with E-state index < -0.39 is 67.3 Å². The molecule has 0 radical (unpaired) electrons. The maximum atomic E-state index is 13.2. The first-order chi connectivity index (χ1) is 41.6. The van der Waals surface area contributed by atoms with E-state index in [0.29, 0.717) is 19.3 Å². The molecule has 0 saturated carbocycles. The molecule has 482 valence electrons. The van der Waals surface area contributed by atoms with Crippen LogP contribution in [0.4, 0.5) is 0 Å². The standard InChI is InChI=1S/C73H118O12/c1-4-7-10-13-16-19-22-25-28-31-33-36-38-41-44-47-50-53-56-59-65(74)81-62-64(83-66(75)60-57-54-51-48-45-42-39-35-30-27-24-21-18-15-12-9-6-3)63-82-73-71(69(78)68(77)70(85-73)72(79)80)84-67(76)61-58-55-52-49-46-43-40-37-34-32-29-26-23-20-17-14-11-8-5-2/h7-8,10-11,16-17,19-20,25-30,33-34,36-37,43,46,64,68-71,73,77-78H,4-6,9,12-15,18,21-24,31-32,35,38-42,44-45,47-63H2,1-3H3,(H,79,80)/b10-7-,11-8-,19-16-,20-17-,28-25-,29-26-,30-27-,36-33-,37-34-,46-43-. The smallest absolute Gasteiger partial charge is 0.335 e. The maximum absolute atomic E-state index is 13.2. The minimum atomic E-state index is -1.93.